The van der Waals surface area contributed by atoms with E-state index in [-0.39, 0.29) is 22.5 Å². The van der Waals surface area contributed by atoms with Crippen LogP contribution in [0.3, 0.4) is 0 Å². The number of carboxylic acid groups (broad SMARTS) is 1. The Morgan fingerprint density at radius 2 is 2.18 bits per heavy atom. The van der Waals surface area contributed by atoms with Gasteiger partial charge in [-0.2, -0.15) is 4.98 Å². The summed E-state index contributed by atoms with van der Waals surface area (Å²) in [5.41, 5.74) is 1.99. The van der Waals surface area contributed by atoms with Gasteiger partial charge in [-0.25, -0.2) is 9.18 Å². The second-order valence-electron chi connectivity index (χ2n) is 6.34. The van der Waals surface area contributed by atoms with E-state index in [1.807, 2.05) is 0 Å². The Morgan fingerprint density at radius 1 is 1.36 bits per heavy atom. The molecule has 0 saturated carbocycles. The van der Waals surface area contributed by atoms with Crippen LogP contribution in [0.1, 0.15) is 23.9 Å². The van der Waals surface area contributed by atoms with Crippen LogP contribution in [0.2, 0.25) is 5.02 Å². The minimum Gasteiger partial charge on any atom is -0.493 e. The zero-order valence-electron chi connectivity index (χ0n) is 14.7. The largest absolute Gasteiger partial charge is 0.493 e. The molecule has 9 heteroatoms. The molecule has 28 heavy (non-hydrogen) atoms. The Bertz CT molecular complexity index is 1070. The van der Waals surface area contributed by atoms with Gasteiger partial charge in [-0.1, -0.05) is 28.9 Å². The number of carbonyl (C=O) groups is 1. The van der Waals surface area contributed by atoms with Gasteiger partial charge in [0.1, 0.15) is 11.6 Å². The molecular weight excluding hydrogens is 389 g/mol. The molecule has 4 rings (SSSR count). The van der Waals surface area contributed by atoms with Crippen LogP contribution >= 0.6 is 11.6 Å². The second kappa shape index (κ2) is 7.12. The monoisotopic (exact) mass is 403 g/mol. The molecule has 2 heterocycles. The number of nitrogens with one attached hydrogen (secondary N) is 1. The Hall–Kier alpha value is -3.13. The first kappa shape index (κ1) is 18.2. The van der Waals surface area contributed by atoms with Gasteiger partial charge >= 0.3 is 6.09 Å². The maximum Gasteiger partial charge on any atom is 0.405 e. The lowest BCUT2D eigenvalue weighted by Crippen LogP contribution is -2.30. The number of nitrogens with zero attached hydrogens (tertiary/aromatic N) is 2. The smallest absolute Gasteiger partial charge is 0.405 e. The lowest BCUT2D eigenvalue weighted by Gasteiger charge is -2.26. The SMILES string of the molecule is Cc1nc(-c2c(F)cc(Cl)cc2-c2ccc3c(c2)OCCC3NC(=O)O)no1. The molecule has 2 aromatic carbocycles. The quantitative estimate of drug-likeness (QED) is 0.663. The van der Waals surface area contributed by atoms with E-state index in [1.165, 1.54) is 6.07 Å². The molecule has 1 unspecified atom stereocenters. The van der Waals surface area contributed by atoms with E-state index >= 15 is 0 Å². The van der Waals surface area contributed by atoms with Crippen molar-refractivity contribution >= 4 is 17.7 Å². The van der Waals surface area contributed by atoms with Crippen LogP contribution in [0.15, 0.2) is 34.9 Å². The van der Waals surface area contributed by atoms with Crippen LogP contribution < -0.4 is 10.1 Å². The summed E-state index contributed by atoms with van der Waals surface area (Å²) in [5, 5.41) is 15.5. The fourth-order valence-electron chi connectivity index (χ4n) is 3.29. The molecule has 7 nitrogen and oxygen atoms in total. The molecule has 3 aromatic rings. The Balaban J connectivity index is 1.83. The van der Waals surface area contributed by atoms with Crippen molar-refractivity contribution in [3.8, 4) is 28.3 Å². The molecule has 1 amide bonds. The predicted octanol–water partition coefficient (Wildman–Crippen LogP) is 4.60. The number of fused-ring (bicyclic) bond motifs is 1. The van der Waals surface area contributed by atoms with Crippen LogP contribution in [-0.2, 0) is 0 Å². The van der Waals surface area contributed by atoms with Crippen molar-refractivity contribution in [2.45, 2.75) is 19.4 Å². The molecule has 144 valence electrons. The number of rotatable bonds is 3. The van der Waals surface area contributed by atoms with Crippen LogP contribution in [-0.4, -0.2) is 27.9 Å². The van der Waals surface area contributed by atoms with Gasteiger partial charge in [0.15, 0.2) is 0 Å². The van der Waals surface area contributed by atoms with E-state index in [0.29, 0.717) is 35.8 Å². The van der Waals surface area contributed by atoms with Gasteiger partial charge < -0.3 is 19.7 Å². The van der Waals surface area contributed by atoms with E-state index in [1.54, 1.807) is 31.2 Å². The number of aryl methyl sites for hydroxylation is 1. The molecule has 1 aliphatic heterocycles. The van der Waals surface area contributed by atoms with Crippen molar-refractivity contribution in [1.29, 1.82) is 0 Å². The normalized spacial score (nSPS) is 15.6. The molecule has 0 aliphatic carbocycles. The first-order valence-corrected chi connectivity index (χ1v) is 8.86. The van der Waals surface area contributed by atoms with Crippen molar-refractivity contribution in [1.82, 2.24) is 15.5 Å². The zero-order valence-corrected chi connectivity index (χ0v) is 15.5. The van der Waals surface area contributed by atoms with Gasteiger partial charge in [-0.15, -0.1) is 0 Å². The molecule has 0 spiro atoms. The summed E-state index contributed by atoms with van der Waals surface area (Å²) in [5.74, 6) is 0.378. The van der Waals surface area contributed by atoms with E-state index in [4.69, 9.17) is 26.0 Å². The molecule has 0 fully saturated rings. The zero-order chi connectivity index (χ0) is 19.8. The topological polar surface area (TPSA) is 97.5 Å². The fourth-order valence-corrected chi connectivity index (χ4v) is 3.49. The number of ether oxygens (including phenoxy) is 1. The third-order valence-corrected chi connectivity index (χ3v) is 4.69. The molecule has 1 aromatic heterocycles. The second-order valence-corrected chi connectivity index (χ2v) is 6.78. The molecule has 2 N–H and O–H groups in total. The summed E-state index contributed by atoms with van der Waals surface area (Å²) >= 11 is 6.08. The van der Waals surface area contributed by atoms with Crippen molar-refractivity contribution in [3.63, 3.8) is 0 Å². The maximum absolute atomic E-state index is 14.7. The van der Waals surface area contributed by atoms with E-state index in [9.17, 15) is 9.18 Å². The van der Waals surface area contributed by atoms with Gasteiger partial charge in [-0.3, -0.25) is 0 Å². The van der Waals surface area contributed by atoms with Gasteiger partial charge in [0.2, 0.25) is 11.7 Å². The summed E-state index contributed by atoms with van der Waals surface area (Å²) in [7, 11) is 0. The summed E-state index contributed by atoms with van der Waals surface area (Å²) in [6, 6.07) is 7.68. The predicted molar refractivity (Wildman–Crippen MR) is 98.9 cm³/mol. The molecule has 0 radical (unpaired) electrons. The molecule has 1 atom stereocenters. The van der Waals surface area contributed by atoms with Crippen LogP contribution in [0, 0.1) is 12.7 Å². The third-order valence-electron chi connectivity index (χ3n) is 4.47. The molecule has 0 saturated heterocycles. The lowest BCUT2D eigenvalue weighted by molar-refractivity contribution is 0.182. The van der Waals surface area contributed by atoms with E-state index in [0.717, 1.165) is 5.56 Å². The Labute approximate surface area is 164 Å². The minimum absolute atomic E-state index is 0.116. The highest BCUT2D eigenvalue weighted by Crippen LogP contribution is 2.40. The standard InChI is InChI=1S/C19H15ClFN3O4/c1-9-22-18(24-28-9)17-13(7-11(20)8-14(17)21)10-2-3-12-15(23-19(25)26)4-5-27-16(12)6-10/h2-3,6-8,15,23H,4-5H2,1H3,(H,25,26). The van der Waals surface area contributed by atoms with Crippen molar-refractivity contribution in [3.05, 3.63) is 52.6 Å². The van der Waals surface area contributed by atoms with Crippen LogP contribution in [0.4, 0.5) is 9.18 Å². The average molecular weight is 404 g/mol. The third kappa shape index (κ3) is 3.38. The first-order valence-electron chi connectivity index (χ1n) is 8.48. The van der Waals surface area contributed by atoms with Gasteiger partial charge in [0.05, 0.1) is 18.2 Å². The van der Waals surface area contributed by atoms with Gasteiger partial charge in [0, 0.05) is 23.9 Å². The number of hydrogen-bond donors (Lipinski definition) is 2. The van der Waals surface area contributed by atoms with Crippen molar-refractivity contribution < 1.29 is 23.6 Å². The summed E-state index contributed by atoms with van der Waals surface area (Å²) in [4.78, 5) is 15.1. The fraction of sp³-hybridized carbons (Fsp3) is 0.211. The highest BCUT2D eigenvalue weighted by atomic mass is 35.5. The minimum atomic E-state index is -1.10. The maximum atomic E-state index is 14.7. The van der Waals surface area contributed by atoms with Gasteiger partial charge in [-0.05, 0) is 29.3 Å². The summed E-state index contributed by atoms with van der Waals surface area (Å²) < 4.78 is 25.4. The number of hydrogen-bond acceptors (Lipinski definition) is 5. The Kier molecular flexibility index (Phi) is 4.64. The van der Waals surface area contributed by atoms with E-state index in [2.05, 4.69) is 15.5 Å². The molecule has 0 bridgehead atoms. The number of halogens is 2. The van der Waals surface area contributed by atoms with Crippen molar-refractivity contribution in [2.24, 2.45) is 0 Å². The van der Waals surface area contributed by atoms with Crippen molar-refractivity contribution in [2.75, 3.05) is 6.61 Å². The highest BCUT2D eigenvalue weighted by Gasteiger charge is 2.25. The Morgan fingerprint density at radius 3 is 2.89 bits per heavy atom. The number of benzene rings is 2. The van der Waals surface area contributed by atoms with Gasteiger partial charge in [0.25, 0.3) is 0 Å². The van der Waals surface area contributed by atoms with E-state index < -0.39 is 11.9 Å². The number of aromatic nitrogens is 2. The van der Waals surface area contributed by atoms with Crippen LogP contribution in [0.5, 0.6) is 5.75 Å². The lowest BCUT2D eigenvalue weighted by atomic mass is 9.94. The number of amides is 1. The van der Waals surface area contributed by atoms with Crippen LogP contribution in [0.25, 0.3) is 22.5 Å². The summed E-state index contributed by atoms with van der Waals surface area (Å²) in [6.45, 7) is 1.98. The average Bonchev–Trinajstić information content (AvgIpc) is 3.06. The summed E-state index contributed by atoms with van der Waals surface area (Å²) in [6.07, 6.45) is -0.578. The molecular formula is C19H15ClFN3O4. The molecule has 1 aliphatic rings. The highest BCUT2D eigenvalue weighted by molar-refractivity contribution is 6.31. The first-order chi connectivity index (χ1) is 13.4.